The van der Waals surface area contributed by atoms with E-state index in [1.54, 1.807) is 35.6 Å². The number of rotatable bonds is 9. The first kappa shape index (κ1) is 28.0. The summed E-state index contributed by atoms with van der Waals surface area (Å²) in [5.74, 6) is 2.50. The maximum Gasteiger partial charge on any atom is 0.337 e. The quantitative estimate of drug-likeness (QED) is 0.194. The number of aromatic nitrogens is 4. The van der Waals surface area contributed by atoms with Gasteiger partial charge in [-0.25, -0.2) is 14.2 Å². The van der Waals surface area contributed by atoms with Crippen LogP contribution in [-0.4, -0.2) is 45.2 Å². The number of nitrogens with zero attached hydrogens (tertiary/aromatic N) is 6. The fourth-order valence-corrected chi connectivity index (χ4v) is 6.86. The number of methoxy groups -OCH3 is 1. The lowest BCUT2D eigenvalue weighted by atomic mass is 9.92. The third-order valence-electron chi connectivity index (χ3n) is 8.60. The fraction of sp³-hybridized carbons (Fsp3) is 0.303. The summed E-state index contributed by atoms with van der Waals surface area (Å²) in [5, 5.41) is 8.97. The van der Waals surface area contributed by atoms with Crippen LogP contribution in [-0.2, 0) is 24.3 Å². The average molecular weight is 609 g/mol. The van der Waals surface area contributed by atoms with E-state index < -0.39 is 5.82 Å². The van der Waals surface area contributed by atoms with Gasteiger partial charge >= 0.3 is 5.97 Å². The largest absolute Gasteiger partial charge is 0.473 e. The molecule has 1 saturated heterocycles. The molecule has 9 nitrogen and oxygen atoms in total. The lowest BCUT2D eigenvalue weighted by Gasteiger charge is -2.32. The van der Waals surface area contributed by atoms with Crippen LogP contribution in [0.5, 0.6) is 5.88 Å². The Morgan fingerprint density at radius 3 is 2.89 bits per heavy atom. The zero-order chi connectivity index (χ0) is 30.2. The van der Waals surface area contributed by atoms with Crippen molar-refractivity contribution in [2.45, 2.75) is 38.5 Å². The molecule has 222 valence electrons. The minimum atomic E-state index is -0.465. The SMILES string of the molecule is COC(=O)c1ccc2nc(CC3CCN(c4cccc(OCc5ccc(C#N)cc5F)n4)C4CC34)n(Cc3cncs3)c2c1. The van der Waals surface area contributed by atoms with Crippen molar-refractivity contribution >= 4 is 34.2 Å². The van der Waals surface area contributed by atoms with Gasteiger partial charge in [0.2, 0.25) is 5.88 Å². The lowest BCUT2D eigenvalue weighted by molar-refractivity contribution is 0.0601. The first-order valence-corrected chi connectivity index (χ1v) is 15.4. The topological polar surface area (TPSA) is 106 Å². The molecule has 3 atom stereocenters. The van der Waals surface area contributed by atoms with E-state index in [0.717, 1.165) is 53.4 Å². The van der Waals surface area contributed by atoms with Gasteiger partial charge in [-0.1, -0.05) is 12.1 Å². The molecular weight excluding hydrogens is 579 g/mol. The van der Waals surface area contributed by atoms with Crippen LogP contribution in [0.1, 0.15) is 45.0 Å². The summed E-state index contributed by atoms with van der Waals surface area (Å²) in [6.07, 6.45) is 4.82. The number of hydrogen-bond acceptors (Lipinski definition) is 9. The van der Waals surface area contributed by atoms with Crippen molar-refractivity contribution in [3.8, 4) is 11.9 Å². The Labute approximate surface area is 257 Å². The van der Waals surface area contributed by atoms with Gasteiger partial charge in [0, 0.05) is 41.7 Å². The Bertz CT molecular complexity index is 1880. The summed E-state index contributed by atoms with van der Waals surface area (Å²) < 4.78 is 27.3. The van der Waals surface area contributed by atoms with E-state index in [0.29, 0.717) is 41.4 Å². The molecule has 7 rings (SSSR count). The Kier molecular flexibility index (Phi) is 7.44. The zero-order valence-corrected chi connectivity index (χ0v) is 24.8. The predicted octanol–water partition coefficient (Wildman–Crippen LogP) is 5.77. The summed E-state index contributed by atoms with van der Waals surface area (Å²) >= 11 is 1.61. The number of esters is 1. The number of piperidine rings is 1. The number of carbonyl (C=O) groups excluding carboxylic acids is 1. The van der Waals surface area contributed by atoms with E-state index in [1.807, 2.05) is 42.0 Å². The number of halogens is 1. The number of pyridine rings is 1. The fourth-order valence-electron chi connectivity index (χ4n) is 6.28. The van der Waals surface area contributed by atoms with Crippen LogP contribution in [0.4, 0.5) is 10.2 Å². The van der Waals surface area contributed by atoms with Crippen LogP contribution in [0, 0.1) is 29.0 Å². The Hall–Kier alpha value is -4.82. The number of anilines is 1. The van der Waals surface area contributed by atoms with E-state index >= 15 is 0 Å². The number of thiazole rings is 1. The van der Waals surface area contributed by atoms with E-state index in [2.05, 4.69) is 14.5 Å². The highest BCUT2D eigenvalue weighted by Gasteiger charge is 2.50. The molecule has 0 spiro atoms. The predicted molar refractivity (Wildman–Crippen MR) is 163 cm³/mol. The molecule has 3 unspecified atom stereocenters. The van der Waals surface area contributed by atoms with Crippen LogP contribution >= 0.6 is 11.3 Å². The molecule has 3 aromatic heterocycles. The minimum Gasteiger partial charge on any atom is -0.473 e. The van der Waals surface area contributed by atoms with Gasteiger partial charge in [0.05, 0.1) is 47.4 Å². The van der Waals surface area contributed by atoms with Gasteiger partial charge in [0.25, 0.3) is 0 Å². The van der Waals surface area contributed by atoms with E-state index in [9.17, 15) is 9.18 Å². The molecule has 0 amide bonds. The number of carbonyl (C=O) groups is 1. The number of ether oxygens (including phenoxy) is 2. The van der Waals surface area contributed by atoms with Crippen molar-refractivity contribution in [2.24, 2.45) is 11.8 Å². The monoisotopic (exact) mass is 608 g/mol. The second kappa shape index (κ2) is 11.7. The third-order valence-corrected chi connectivity index (χ3v) is 9.37. The summed E-state index contributed by atoms with van der Waals surface area (Å²) in [6, 6.07) is 17.9. The van der Waals surface area contributed by atoms with Crippen LogP contribution in [0.15, 0.2) is 66.3 Å². The van der Waals surface area contributed by atoms with Crippen LogP contribution in [0.3, 0.4) is 0 Å². The number of nitriles is 1. The van der Waals surface area contributed by atoms with Gasteiger partial charge in [-0.2, -0.15) is 10.2 Å². The second-order valence-electron chi connectivity index (χ2n) is 11.2. The van der Waals surface area contributed by atoms with Gasteiger partial charge in [-0.05, 0) is 61.1 Å². The molecule has 2 aliphatic rings. The summed E-state index contributed by atoms with van der Waals surface area (Å²) in [5.41, 5.74) is 4.78. The van der Waals surface area contributed by atoms with Gasteiger partial charge in [0.15, 0.2) is 0 Å². The number of imidazole rings is 1. The third kappa shape index (κ3) is 5.49. The van der Waals surface area contributed by atoms with Crippen molar-refractivity contribution in [3.63, 3.8) is 0 Å². The summed E-state index contributed by atoms with van der Waals surface area (Å²) in [7, 11) is 1.39. The van der Waals surface area contributed by atoms with Crippen molar-refractivity contribution in [1.29, 1.82) is 5.26 Å². The first-order valence-electron chi connectivity index (χ1n) is 14.5. The van der Waals surface area contributed by atoms with Crippen molar-refractivity contribution in [2.75, 3.05) is 18.6 Å². The van der Waals surface area contributed by atoms with Gasteiger partial charge in [0.1, 0.15) is 24.1 Å². The number of fused-ring (bicyclic) bond motifs is 2. The summed E-state index contributed by atoms with van der Waals surface area (Å²) in [4.78, 5) is 29.8. The molecule has 1 aliphatic carbocycles. The molecule has 0 N–H and O–H groups in total. The first-order chi connectivity index (χ1) is 21.5. The van der Waals surface area contributed by atoms with Crippen LogP contribution in [0.25, 0.3) is 11.0 Å². The Balaban J connectivity index is 1.06. The number of hydrogen-bond donors (Lipinski definition) is 0. The molecule has 2 fully saturated rings. The Morgan fingerprint density at radius 1 is 1.18 bits per heavy atom. The van der Waals surface area contributed by atoms with Gasteiger partial charge in [-0.15, -0.1) is 11.3 Å². The molecule has 5 aromatic rings. The maximum absolute atomic E-state index is 14.3. The van der Waals surface area contributed by atoms with Gasteiger partial charge in [-0.3, -0.25) is 4.98 Å². The average Bonchev–Trinajstić information content (AvgIpc) is 3.56. The Morgan fingerprint density at radius 2 is 2.09 bits per heavy atom. The lowest BCUT2D eigenvalue weighted by Crippen LogP contribution is -2.36. The highest BCUT2D eigenvalue weighted by Crippen LogP contribution is 2.49. The molecule has 1 aliphatic heterocycles. The zero-order valence-electron chi connectivity index (χ0n) is 24.0. The summed E-state index contributed by atoms with van der Waals surface area (Å²) in [6.45, 7) is 1.55. The van der Waals surface area contributed by atoms with E-state index in [-0.39, 0.29) is 18.1 Å². The molecule has 11 heteroatoms. The molecule has 44 heavy (non-hydrogen) atoms. The van der Waals surface area contributed by atoms with Crippen molar-refractivity contribution in [3.05, 3.63) is 99.5 Å². The number of benzene rings is 2. The maximum atomic E-state index is 14.3. The molecule has 1 saturated carbocycles. The second-order valence-corrected chi connectivity index (χ2v) is 12.2. The minimum absolute atomic E-state index is 0.0335. The normalized spacial score (nSPS) is 18.9. The molecule has 4 heterocycles. The van der Waals surface area contributed by atoms with Crippen LogP contribution < -0.4 is 9.64 Å². The molecule has 0 bridgehead atoms. The molecule has 0 radical (unpaired) electrons. The van der Waals surface area contributed by atoms with E-state index in [1.165, 1.54) is 13.2 Å². The van der Waals surface area contributed by atoms with Crippen molar-refractivity contribution < 1.29 is 18.7 Å². The highest BCUT2D eigenvalue weighted by molar-refractivity contribution is 7.09. The van der Waals surface area contributed by atoms with Gasteiger partial charge < -0.3 is 18.9 Å². The van der Waals surface area contributed by atoms with E-state index in [4.69, 9.17) is 24.7 Å². The molecular formula is C33H29FN6O3S. The van der Waals surface area contributed by atoms with Crippen LogP contribution in [0.2, 0.25) is 0 Å². The highest BCUT2D eigenvalue weighted by atomic mass is 32.1. The standard InChI is InChI=1S/C33H29FN6O3S/c1-42-33(41)22-7-8-27-29(12-22)40(17-24-16-36-19-44-24)31(37-27)13-21-9-10-39(28-14-25(21)28)30-3-2-4-32(38-30)43-18-23-6-5-20(15-35)11-26(23)34/h2-8,11-12,16,19,21,25,28H,9-10,13-14,17-18H2,1H3. The smallest absolute Gasteiger partial charge is 0.337 e. The molecule has 2 aromatic carbocycles. The van der Waals surface area contributed by atoms with Crippen molar-refractivity contribution in [1.82, 2.24) is 19.5 Å².